The van der Waals surface area contributed by atoms with Gasteiger partial charge >= 0.3 is 6.01 Å². The number of aromatic hydroxyl groups is 1. The fourth-order valence-corrected chi connectivity index (χ4v) is 8.77. The molecule has 0 radical (unpaired) electrons. The summed E-state index contributed by atoms with van der Waals surface area (Å²) >= 11 is 0. The Morgan fingerprint density at radius 2 is 1.82 bits per heavy atom. The molecule has 2 atom stereocenters. The van der Waals surface area contributed by atoms with Gasteiger partial charge in [0.2, 0.25) is 0 Å². The van der Waals surface area contributed by atoms with Crippen LogP contribution >= 0.6 is 0 Å². The summed E-state index contributed by atoms with van der Waals surface area (Å²) < 4.78 is 55.8. The molecule has 0 spiro atoms. The van der Waals surface area contributed by atoms with E-state index in [0.29, 0.717) is 87.9 Å². The fourth-order valence-electron chi connectivity index (χ4n) is 8.77. The number of hydrogen-bond acceptors (Lipinski definition) is 10. The molecule has 8 rings (SSSR count). The number of pyridine rings is 1. The number of hydrogen-bond donors (Lipinski definition) is 1. The number of rotatable bonds is 7. The van der Waals surface area contributed by atoms with Crippen LogP contribution in [0.2, 0.25) is 0 Å². The molecule has 0 bridgehead atoms. The van der Waals surface area contributed by atoms with Gasteiger partial charge < -0.3 is 29.0 Å². The van der Waals surface area contributed by atoms with Crippen molar-refractivity contribution >= 4 is 27.5 Å². The molecule has 4 aliphatic rings. The Balaban J connectivity index is 1.17. The average molecular weight is 700 g/mol. The van der Waals surface area contributed by atoms with E-state index in [1.807, 2.05) is 0 Å². The molecule has 0 amide bonds. The Morgan fingerprint density at radius 1 is 0.980 bits per heavy atom. The highest BCUT2D eigenvalue weighted by molar-refractivity contribution is 6.03. The third-order valence-electron chi connectivity index (χ3n) is 11.1. The van der Waals surface area contributed by atoms with Crippen molar-refractivity contribution in [2.24, 2.45) is 11.3 Å². The number of fused-ring (bicyclic) bond motifs is 3. The topological polar surface area (TPSA) is 102 Å². The van der Waals surface area contributed by atoms with Gasteiger partial charge in [0.15, 0.2) is 5.82 Å². The maximum absolute atomic E-state index is 17.0. The van der Waals surface area contributed by atoms with Gasteiger partial charge in [-0.05, 0) is 62.2 Å². The summed E-state index contributed by atoms with van der Waals surface area (Å²) in [6, 6.07) is 6.01. The Kier molecular flexibility index (Phi) is 9.63. The summed E-state index contributed by atoms with van der Waals surface area (Å²) in [4.78, 5) is 18.8. The van der Waals surface area contributed by atoms with Crippen LogP contribution in [0.1, 0.15) is 44.1 Å². The quantitative estimate of drug-likeness (QED) is 0.242. The van der Waals surface area contributed by atoms with Gasteiger partial charge in [-0.15, -0.1) is 6.42 Å². The first-order valence-corrected chi connectivity index (χ1v) is 18.1. The standard InChI is InChI=1S/C39H43F2N5O5/c1-2-28-31(40)8-7-26-18-27(47)19-29(33(26)28)35-34(41)36-30(20-42-35)37(45-12-5-14-48-15-13-45)44-38(43-36)51-24-39-9-3-6-32(39)46(11-4-10-39)21-25-22-49-16-17-50-23-25/h1,7-8,18-20,25,32,47H,3-6,9-17,21-24H2/t32-,39-/m1/s1. The first-order valence-electron chi connectivity index (χ1n) is 18.1. The summed E-state index contributed by atoms with van der Waals surface area (Å²) in [7, 11) is 0. The zero-order valence-electron chi connectivity index (χ0n) is 28.7. The van der Waals surface area contributed by atoms with E-state index in [-0.39, 0.29) is 44.9 Å². The number of halogens is 2. The summed E-state index contributed by atoms with van der Waals surface area (Å²) in [6.45, 7) is 7.43. The van der Waals surface area contributed by atoms with E-state index in [0.717, 1.165) is 51.6 Å². The number of anilines is 1. The normalized spacial score (nSPS) is 23.5. The molecule has 2 aromatic carbocycles. The van der Waals surface area contributed by atoms with Crippen molar-refractivity contribution in [3.05, 3.63) is 47.7 Å². The Morgan fingerprint density at radius 3 is 2.67 bits per heavy atom. The molecule has 1 aliphatic carbocycles. The van der Waals surface area contributed by atoms with E-state index in [4.69, 9.17) is 35.3 Å². The number of benzene rings is 2. The van der Waals surface area contributed by atoms with E-state index in [9.17, 15) is 9.50 Å². The van der Waals surface area contributed by atoms with E-state index < -0.39 is 11.6 Å². The molecule has 5 heterocycles. The second-order valence-electron chi connectivity index (χ2n) is 14.3. The van der Waals surface area contributed by atoms with Gasteiger partial charge in [0.05, 0.1) is 50.6 Å². The molecule has 10 nitrogen and oxygen atoms in total. The molecular weight excluding hydrogens is 656 g/mol. The molecule has 1 saturated carbocycles. The van der Waals surface area contributed by atoms with Gasteiger partial charge in [-0.3, -0.25) is 9.88 Å². The second kappa shape index (κ2) is 14.5. The first kappa shape index (κ1) is 34.0. The van der Waals surface area contributed by atoms with Crippen molar-refractivity contribution in [2.45, 2.75) is 44.6 Å². The first-order chi connectivity index (χ1) is 24.9. The van der Waals surface area contributed by atoms with Crippen molar-refractivity contribution in [1.82, 2.24) is 19.9 Å². The van der Waals surface area contributed by atoms with E-state index in [1.54, 1.807) is 0 Å². The molecule has 268 valence electrons. The van der Waals surface area contributed by atoms with Gasteiger partial charge in [-0.2, -0.15) is 9.97 Å². The number of likely N-dealkylation sites (tertiary alicyclic amines) is 1. The molecule has 3 saturated heterocycles. The van der Waals surface area contributed by atoms with Crippen LogP contribution in [-0.4, -0.2) is 103 Å². The monoisotopic (exact) mass is 699 g/mol. The summed E-state index contributed by atoms with van der Waals surface area (Å²) in [5.74, 6) is 1.76. The highest BCUT2D eigenvalue weighted by Gasteiger charge is 2.49. The Bertz CT molecular complexity index is 1960. The van der Waals surface area contributed by atoms with Crippen LogP contribution in [0.25, 0.3) is 32.9 Å². The molecule has 12 heteroatoms. The highest BCUT2D eigenvalue weighted by Crippen LogP contribution is 2.48. The van der Waals surface area contributed by atoms with Crippen LogP contribution < -0.4 is 9.64 Å². The molecule has 51 heavy (non-hydrogen) atoms. The van der Waals surface area contributed by atoms with Gasteiger partial charge in [0, 0.05) is 60.8 Å². The SMILES string of the molecule is C#Cc1c(F)ccc2cc(O)cc(-c3ncc4c(N5CCCOCC5)nc(OC[C@]56CCC[C@H]5N(CC5COCCOC5)CCC6)nc4c3F)c12. The lowest BCUT2D eigenvalue weighted by Gasteiger charge is -2.47. The average Bonchev–Trinajstić information content (AvgIpc) is 3.27. The van der Waals surface area contributed by atoms with Crippen molar-refractivity contribution in [2.75, 3.05) is 77.3 Å². The summed E-state index contributed by atoms with van der Waals surface area (Å²) in [5, 5.41) is 11.8. The lowest BCUT2D eigenvalue weighted by Crippen LogP contribution is -2.53. The molecule has 2 aromatic heterocycles. The van der Waals surface area contributed by atoms with Crippen LogP contribution in [0.4, 0.5) is 14.6 Å². The molecule has 4 aromatic rings. The molecule has 3 aliphatic heterocycles. The van der Waals surface area contributed by atoms with Crippen molar-refractivity contribution in [1.29, 1.82) is 0 Å². The summed E-state index contributed by atoms with van der Waals surface area (Å²) in [6.07, 6.45) is 13.4. The lowest BCUT2D eigenvalue weighted by molar-refractivity contribution is -0.0170. The van der Waals surface area contributed by atoms with Crippen molar-refractivity contribution in [3.8, 4) is 35.4 Å². The number of terminal acetylenes is 1. The van der Waals surface area contributed by atoms with Crippen molar-refractivity contribution in [3.63, 3.8) is 0 Å². The van der Waals surface area contributed by atoms with Crippen LogP contribution in [0.15, 0.2) is 30.5 Å². The number of ether oxygens (including phenoxy) is 4. The molecule has 4 fully saturated rings. The highest BCUT2D eigenvalue weighted by atomic mass is 19.1. The number of phenols is 1. The van der Waals surface area contributed by atoms with Gasteiger partial charge in [0.1, 0.15) is 28.6 Å². The predicted molar refractivity (Wildman–Crippen MR) is 189 cm³/mol. The van der Waals surface area contributed by atoms with Crippen molar-refractivity contribution < 1.29 is 32.8 Å². The smallest absolute Gasteiger partial charge is 0.319 e. The number of aromatic nitrogens is 3. The van der Waals surface area contributed by atoms with E-state index in [1.165, 1.54) is 30.5 Å². The van der Waals surface area contributed by atoms with Crippen LogP contribution in [0, 0.1) is 35.3 Å². The van der Waals surface area contributed by atoms with Gasteiger partial charge in [0.25, 0.3) is 0 Å². The Hall–Kier alpha value is -4.15. The van der Waals surface area contributed by atoms with E-state index >= 15 is 4.39 Å². The minimum atomic E-state index is -0.736. The lowest BCUT2D eigenvalue weighted by atomic mass is 9.75. The van der Waals surface area contributed by atoms with Gasteiger partial charge in [-0.25, -0.2) is 8.78 Å². The minimum Gasteiger partial charge on any atom is -0.508 e. The number of phenolic OH excluding ortho intramolecular Hbond substituents is 1. The van der Waals surface area contributed by atoms with Crippen LogP contribution in [0.3, 0.4) is 0 Å². The molecule has 1 N–H and O–H groups in total. The zero-order valence-corrected chi connectivity index (χ0v) is 28.7. The fraction of sp³-hybridized carbons (Fsp3) is 0.513. The van der Waals surface area contributed by atoms with Gasteiger partial charge in [-0.1, -0.05) is 18.4 Å². The maximum atomic E-state index is 17.0. The zero-order chi connectivity index (χ0) is 35.0. The van der Waals surface area contributed by atoms with E-state index in [2.05, 4.69) is 20.7 Å². The maximum Gasteiger partial charge on any atom is 0.319 e. The largest absolute Gasteiger partial charge is 0.508 e. The number of nitrogens with zero attached hydrogens (tertiary/aromatic N) is 5. The molecule has 0 unspecified atom stereocenters. The predicted octanol–water partition coefficient (Wildman–Crippen LogP) is 5.71. The second-order valence-corrected chi connectivity index (χ2v) is 14.3. The summed E-state index contributed by atoms with van der Waals surface area (Å²) in [5.41, 5.74) is -0.0185. The molecular formula is C39H43F2N5O5. The van der Waals surface area contributed by atoms with Crippen LogP contribution in [-0.2, 0) is 14.2 Å². The third-order valence-corrected chi connectivity index (χ3v) is 11.1. The minimum absolute atomic E-state index is 0.0272. The number of piperidine rings is 1. The third kappa shape index (κ3) is 6.57. The Labute approximate surface area is 296 Å². The van der Waals surface area contributed by atoms with Crippen LogP contribution in [0.5, 0.6) is 11.8 Å².